The Kier molecular flexibility index (Phi) is 3.14. The van der Waals surface area contributed by atoms with E-state index >= 15 is 0 Å². The lowest BCUT2D eigenvalue weighted by Gasteiger charge is -2.18. The molecule has 2 aromatic rings. The third-order valence-electron chi connectivity index (χ3n) is 3.55. The Hall–Kier alpha value is -2.36. The van der Waals surface area contributed by atoms with E-state index in [0.29, 0.717) is 5.90 Å². The number of rotatable bonds is 2. The summed E-state index contributed by atoms with van der Waals surface area (Å²) in [5, 5.41) is 4.88. The first kappa shape index (κ1) is 12.7. The molecular weight excluding hydrogens is 252 g/mol. The highest BCUT2D eigenvalue weighted by Crippen LogP contribution is 2.33. The molecule has 2 aromatic carbocycles. The average molecular weight is 268 g/mol. The molecule has 20 heavy (non-hydrogen) atoms. The molecule has 0 radical (unpaired) electrons. The molecular formula is C16H16N2O2. The standard InChI is InChI=1S/C16H16N2O2/c1-10-18-14(16(19)17-2)15(20-10)13-9-5-7-11-6-3-4-8-12(11)13/h3-9,14-15H,1-2H3,(H,17,19). The van der Waals surface area contributed by atoms with Crippen LogP contribution < -0.4 is 5.32 Å². The van der Waals surface area contributed by atoms with Crippen molar-refractivity contribution in [2.75, 3.05) is 7.05 Å². The molecule has 0 fully saturated rings. The Labute approximate surface area is 117 Å². The van der Waals surface area contributed by atoms with E-state index in [0.717, 1.165) is 16.3 Å². The van der Waals surface area contributed by atoms with Crippen LogP contribution in [0.25, 0.3) is 10.8 Å². The van der Waals surface area contributed by atoms with Crippen LogP contribution in [0, 0.1) is 0 Å². The lowest BCUT2D eigenvalue weighted by atomic mass is 9.96. The molecule has 0 bridgehead atoms. The minimum Gasteiger partial charge on any atom is -0.470 e. The van der Waals surface area contributed by atoms with Crippen molar-refractivity contribution in [2.45, 2.75) is 19.1 Å². The van der Waals surface area contributed by atoms with E-state index in [1.807, 2.05) is 30.3 Å². The van der Waals surface area contributed by atoms with Crippen LogP contribution in [0.2, 0.25) is 0 Å². The van der Waals surface area contributed by atoms with Crippen molar-refractivity contribution in [3.05, 3.63) is 48.0 Å². The SMILES string of the molecule is CNC(=O)C1N=C(C)OC1c1cccc2ccccc12. The van der Waals surface area contributed by atoms with E-state index in [1.54, 1.807) is 14.0 Å². The molecule has 3 rings (SSSR count). The summed E-state index contributed by atoms with van der Waals surface area (Å²) in [7, 11) is 1.62. The van der Waals surface area contributed by atoms with E-state index in [-0.39, 0.29) is 12.0 Å². The quantitative estimate of drug-likeness (QED) is 0.909. The second-order valence-electron chi connectivity index (χ2n) is 4.81. The number of benzene rings is 2. The minimum absolute atomic E-state index is 0.125. The molecule has 0 spiro atoms. The van der Waals surface area contributed by atoms with Crippen molar-refractivity contribution in [3.8, 4) is 0 Å². The van der Waals surface area contributed by atoms with Gasteiger partial charge >= 0.3 is 0 Å². The summed E-state index contributed by atoms with van der Waals surface area (Å²) in [6.45, 7) is 1.78. The van der Waals surface area contributed by atoms with Crippen LogP contribution in [-0.2, 0) is 9.53 Å². The summed E-state index contributed by atoms with van der Waals surface area (Å²) in [6, 6.07) is 13.6. The Morgan fingerprint density at radius 3 is 2.75 bits per heavy atom. The van der Waals surface area contributed by atoms with Crippen LogP contribution >= 0.6 is 0 Å². The molecule has 1 heterocycles. The van der Waals surface area contributed by atoms with Gasteiger partial charge in [-0.3, -0.25) is 4.79 Å². The molecule has 4 nitrogen and oxygen atoms in total. The van der Waals surface area contributed by atoms with E-state index in [1.165, 1.54) is 0 Å². The maximum absolute atomic E-state index is 12.0. The Morgan fingerprint density at radius 1 is 1.20 bits per heavy atom. The number of fused-ring (bicyclic) bond motifs is 1. The zero-order chi connectivity index (χ0) is 14.1. The maximum Gasteiger partial charge on any atom is 0.248 e. The van der Waals surface area contributed by atoms with Crippen molar-refractivity contribution >= 4 is 22.6 Å². The second-order valence-corrected chi connectivity index (χ2v) is 4.81. The lowest BCUT2D eigenvalue weighted by molar-refractivity contribution is -0.123. The molecule has 2 atom stereocenters. The fourth-order valence-corrected chi connectivity index (χ4v) is 2.62. The number of carbonyl (C=O) groups is 1. The highest BCUT2D eigenvalue weighted by molar-refractivity contribution is 5.91. The van der Waals surface area contributed by atoms with Crippen LogP contribution in [-0.4, -0.2) is 24.9 Å². The van der Waals surface area contributed by atoms with Gasteiger partial charge in [0.05, 0.1) is 0 Å². The molecule has 0 saturated carbocycles. The number of nitrogens with one attached hydrogen (secondary N) is 1. The molecule has 0 aliphatic carbocycles. The van der Waals surface area contributed by atoms with Gasteiger partial charge in [-0.2, -0.15) is 0 Å². The van der Waals surface area contributed by atoms with Gasteiger partial charge in [0.15, 0.2) is 18.0 Å². The van der Waals surface area contributed by atoms with E-state index in [4.69, 9.17) is 4.74 Å². The summed E-state index contributed by atoms with van der Waals surface area (Å²) < 4.78 is 5.78. The van der Waals surface area contributed by atoms with E-state index < -0.39 is 6.04 Å². The van der Waals surface area contributed by atoms with Gasteiger partial charge in [-0.05, 0) is 10.8 Å². The summed E-state index contributed by atoms with van der Waals surface area (Å²) >= 11 is 0. The van der Waals surface area contributed by atoms with Crippen molar-refractivity contribution in [3.63, 3.8) is 0 Å². The largest absolute Gasteiger partial charge is 0.470 e. The zero-order valence-corrected chi connectivity index (χ0v) is 11.5. The highest BCUT2D eigenvalue weighted by Gasteiger charge is 2.36. The monoisotopic (exact) mass is 268 g/mol. The van der Waals surface area contributed by atoms with Crippen LogP contribution in [0.4, 0.5) is 0 Å². The van der Waals surface area contributed by atoms with Gasteiger partial charge < -0.3 is 10.1 Å². The summed E-state index contributed by atoms with van der Waals surface area (Å²) in [6.07, 6.45) is -0.360. The number of amides is 1. The third kappa shape index (κ3) is 2.03. The number of likely N-dealkylation sites (N-methyl/N-ethyl adjacent to an activating group) is 1. The predicted molar refractivity (Wildman–Crippen MR) is 78.7 cm³/mol. The molecule has 2 unspecified atom stereocenters. The molecule has 1 aliphatic rings. The second kappa shape index (κ2) is 4.96. The van der Waals surface area contributed by atoms with Crippen molar-refractivity contribution < 1.29 is 9.53 Å². The first-order chi connectivity index (χ1) is 9.70. The number of aliphatic imine (C=N–C) groups is 1. The van der Waals surface area contributed by atoms with Gasteiger partial charge in [0, 0.05) is 19.5 Å². The van der Waals surface area contributed by atoms with Gasteiger partial charge in [-0.25, -0.2) is 4.99 Å². The predicted octanol–water partition coefficient (Wildman–Crippen LogP) is 2.44. The van der Waals surface area contributed by atoms with Crippen LogP contribution in [0.15, 0.2) is 47.5 Å². The summed E-state index contributed by atoms with van der Waals surface area (Å²) in [4.78, 5) is 16.3. The van der Waals surface area contributed by atoms with Gasteiger partial charge in [-0.15, -0.1) is 0 Å². The average Bonchev–Trinajstić information content (AvgIpc) is 2.87. The maximum atomic E-state index is 12.0. The van der Waals surface area contributed by atoms with Crippen molar-refractivity contribution in [1.29, 1.82) is 0 Å². The third-order valence-corrected chi connectivity index (χ3v) is 3.55. The van der Waals surface area contributed by atoms with Crippen molar-refractivity contribution in [1.82, 2.24) is 5.32 Å². The van der Waals surface area contributed by atoms with Crippen LogP contribution in [0.1, 0.15) is 18.6 Å². The van der Waals surface area contributed by atoms with Crippen LogP contribution in [0.3, 0.4) is 0 Å². The minimum atomic E-state index is -0.522. The summed E-state index contributed by atoms with van der Waals surface area (Å²) in [5.74, 6) is 0.427. The number of ether oxygens (including phenoxy) is 1. The van der Waals surface area contributed by atoms with Gasteiger partial charge in [0.25, 0.3) is 0 Å². The Morgan fingerprint density at radius 2 is 1.95 bits per heavy atom. The lowest BCUT2D eigenvalue weighted by Crippen LogP contribution is -2.33. The van der Waals surface area contributed by atoms with Gasteiger partial charge in [0.1, 0.15) is 0 Å². The fourth-order valence-electron chi connectivity index (χ4n) is 2.62. The number of hydrogen-bond acceptors (Lipinski definition) is 3. The topological polar surface area (TPSA) is 50.7 Å². The van der Waals surface area contributed by atoms with Gasteiger partial charge in [-0.1, -0.05) is 42.5 Å². The number of nitrogens with zero attached hydrogens (tertiary/aromatic N) is 1. The molecule has 1 aliphatic heterocycles. The van der Waals surface area contributed by atoms with E-state index in [9.17, 15) is 4.79 Å². The van der Waals surface area contributed by atoms with Crippen LogP contribution in [0.5, 0.6) is 0 Å². The first-order valence-corrected chi connectivity index (χ1v) is 6.61. The molecule has 1 amide bonds. The summed E-state index contributed by atoms with van der Waals surface area (Å²) in [5.41, 5.74) is 0.998. The number of carbonyl (C=O) groups excluding carboxylic acids is 1. The van der Waals surface area contributed by atoms with Crippen molar-refractivity contribution in [2.24, 2.45) is 4.99 Å². The molecule has 1 N–H and O–H groups in total. The molecule has 102 valence electrons. The molecule has 4 heteroatoms. The molecule has 0 aromatic heterocycles. The smallest absolute Gasteiger partial charge is 0.248 e. The number of hydrogen-bond donors (Lipinski definition) is 1. The first-order valence-electron chi connectivity index (χ1n) is 6.61. The fraction of sp³-hybridized carbons (Fsp3) is 0.250. The Balaban J connectivity index is 2.09. The van der Waals surface area contributed by atoms with E-state index in [2.05, 4.69) is 22.4 Å². The van der Waals surface area contributed by atoms with Gasteiger partial charge in [0.2, 0.25) is 5.91 Å². The highest BCUT2D eigenvalue weighted by atomic mass is 16.5. The normalized spacial score (nSPS) is 21.4. The Bertz CT molecular complexity index is 688. The zero-order valence-electron chi connectivity index (χ0n) is 11.5. The molecule has 0 saturated heterocycles.